The van der Waals surface area contributed by atoms with Gasteiger partial charge in [-0.15, -0.1) is 0 Å². The first-order valence-electron chi connectivity index (χ1n) is 8.70. The molecule has 0 unspecified atom stereocenters. The molecular formula is C19H27NO5. The third-order valence-corrected chi connectivity index (χ3v) is 4.11. The van der Waals surface area contributed by atoms with Gasteiger partial charge in [0.15, 0.2) is 0 Å². The molecule has 0 aromatic heterocycles. The second-order valence-electron chi connectivity index (χ2n) is 6.58. The number of rotatable bonds is 7. The molecule has 1 fully saturated rings. The number of esters is 1. The Morgan fingerprint density at radius 2 is 2.00 bits per heavy atom. The van der Waals surface area contributed by atoms with Gasteiger partial charge < -0.3 is 19.1 Å². The van der Waals surface area contributed by atoms with E-state index in [1.54, 1.807) is 17.0 Å². The molecule has 1 aromatic carbocycles. The molecule has 138 valence electrons. The van der Waals surface area contributed by atoms with Gasteiger partial charge in [0.05, 0.1) is 32.8 Å². The Bertz CT molecular complexity index is 570. The fourth-order valence-corrected chi connectivity index (χ4v) is 2.59. The van der Waals surface area contributed by atoms with Crippen LogP contribution in [-0.4, -0.2) is 56.3 Å². The van der Waals surface area contributed by atoms with Crippen molar-refractivity contribution in [3.8, 4) is 5.75 Å². The van der Waals surface area contributed by atoms with Crippen molar-refractivity contribution >= 4 is 11.9 Å². The maximum atomic E-state index is 12.6. The molecule has 2 rings (SSSR count). The van der Waals surface area contributed by atoms with Crippen LogP contribution in [0.1, 0.15) is 37.0 Å². The molecule has 0 N–H and O–H groups in total. The van der Waals surface area contributed by atoms with E-state index in [2.05, 4.69) is 18.6 Å². The van der Waals surface area contributed by atoms with E-state index < -0.39 is 0 Å². The summed E-state index contributed by atoms with van der Waals surface area (Å²) in [5, 5.41) is 0. The lowest BCUT2D eigenvalue weighted by molar-refractivity contribution is -0.145. The predicted molar refractivity (Wildman–Crippen MR) is 93.7 cm³/mol. The molecule has 0 saturated carbocycles. The van der Waals surface area contributed by atoms with Gasteiger partial charge in [0.1, 0.15) is 5.75 Å². The first-order valence-corrected chi connectivity index (χ1v) is 8.70. The smallest absolute Gasteiger partial charge is 0.308 e. The monoisotopic (exact) mass is 349 g/mol. The second-order valence-corrected chi connectivity index (χ2v) is 6.58. The van der Waals surface area contributed by atoms with Crippen molar-refractivity contribution in [2.24, 2.45) is 5.92 Å². The highest BCUT2D eigenvalue weighted by atomic mass is 16.5. The molecule has 6 nitrogen and oxygen atoms in total. The van der Waals surface area contributed by atoms with Gasteiger partial charge in [-0.1, -0.05) is 13.8 Å². The number of hydrogen-bond donors (Lipinski definition) is 0. The maximum Gasteiger partial charge on any atom is 0.308 e. The molecule has 1 heterocycles. The third kappa shape index (κ3) is 6.05. The molecule has 0 bridgehead atoms. The average Bonchev–Trinajstić information content (AvgIpc) is 2.61. The van der Waals surface area contributed by atoms with Gasteiger partial charge in [0, 0.05) is 18.7 Å². The fourth-order valence-electron chi connectivity index (χ4n) is 2.59. The molecule has 25 heavy (non-hydrogen) atoms. The van der Waals surface area contributed by atoms with Crippen molar-refractivity contribution in [1.82, 2.24) is 4.90 Å². The molecule has 1 aromatic rings. The zero-order valence-electron chi connectivity index (χ0n) is 15.2. The summed E-state index contributed by atoms with van der Waals surface area (Å²) in [7, 11) is 1.35. The lowest BCUT2D eigenvalue weighted by Gasteiger charge is -2.32. The number of nitrogens with zero attached hydrogens (tertiary/aromatic N) is 1. The molecule has 1 saturated heterocycles. The van der Waals surface area contributed by atoms with Gasteiger partial charge in [-0.05, 0) is 36.6 Å². The normalized spacial score (nSPS) is 17.4. The Hall–Kier alpha value is -2.08. The van der Waals surface area contributed by atoms with Crippen LogP contribution in [0.25, 0.3) is 0 Å². The minimum atomic E-state index is -0.331. The summed E-state index contributed by atoms with van der Waals surface area (Å²) in [5.41, 5.74) is 0.606. The van der Waals surface area contributed by atoms with Crippen LogP contribution >= 0.6 is 0 Å². The number of morpholine rings is 1. The summed E-state index contributed by atoms with van der Waals surface area (Å²) in [4.78, 5) is 25.7. The Labute approximate surface area is 149 Å². The fraction of sp³-hybridized carbons (Fsp3) is 0.579. The Morgan fingerprint density at radius 3 is 2.64 bits per heavy atom. The van der Waals surface area contributed by atoms with Crippen LogP contribution in [0.3, 0.4) is 0 Å². The first-order chi connectivity index (χ1) is 12.0. The quantitative estimate of drug-likeness (QED) is 0.708. The largest absolute Gasteiger partial charge is 0.494 e. The van der Waals surface area contributed by atoms with Crippen LogP contribution in [0.4, 0.5) is 0 Å². The Morgan fingerprint density at radius 1 is 1.28 bits per heavy atom. The van der Waals surface area contributed by atoms with Crippen LogP contribution in [0.2, 0.25) is 0 Å². The van der Waals surface area contributed by atoms with Crippen molar-refractivity contribution in [2.45, 2.75) is 32.8 Å². The average molecular weight is 349 g/mol. The molecule has 1 atom stereocenters. The summed E-state index contributed by atoms with van der Waals surface area (Å²) in [6.45, 7) is 6.30. The van der Waals surface area contributed by atoms with Gasteiger partial charge >= 0.3 is 5.97 Å². The van der Waals surface area contributed by atoms with Crippen molar-refractivity contribution in [3.63, 3.8) is 0 Å². The summed E-state index contributed by atoms with van der Waals surface area (Å²) >= 11 is 0. The van der Waals surface area contributed by atoms with E-state index in [1.165, 1.54) is 7.11 Å². The zero-order valence-corrected chi connectivity index (χ0v) is 15.2. The van der Waals surface area contributed by atoms with Gasteiger partial charge in [-0.3, -0.25) is 9.59 Å². The second kappa shape index (κ2) is 9.42. The van der Waals surface area contributed by atoms with Crippen molar-refractivity contribution in [3.05, 3.63) is 29.8 Å². The molecule has 6 heteroatoms. The summed E-state index contributed by atoms with van der Waals surface area (Å²) in [6.07, 6.45) is 0.836. The van der Waals surface area contributed by atoms with Crippen molar-refractivity contribution in [2.75, 3.05) is 33.4 Å². The van der Waals surface area contributed by atoms with E-state index in [9.17, 15) is 9.59 Å². The predicted octanol–water partition coefficient (Wildman–Crippen LogP) is 2.52. The van der Waals surface area contributed by atoms with E-state index in [1.807, 2.05) is 12.1 Å². The number of amides is 1. The van der Waals surface area contributed by atoms with Crippen LogP contribution in [0.5, 0.6) is 5.75 Å². The number of benzene rings is 1. The van der Waals surface area contributed by atoms with E-state index in [0.717, 1.165) is 12.2 Å². The van der Waals surface area contributed by atoms with E-state index >= 15 is 0 Å². The molecule has 1 amide bonds. The van der Waals surface area contributed by atoms with Crippen molar-refractivity contribution in [1.29, 1.82) is 0 Å². The third-order valence-electron chi connectivity index (χ3n) is 4.11. The number of methoxy groups -OCH3 is 1. The SMILES string of the molecule is COC(=O)C[C@H]1CN(C(=O)c2ccc(OCCC(C)C)cc2)CCO1. The number of carbonyl (C=O) groups excluding carboxylic acids is 2. The van der Waals surface area contributed by atoms with Gasteiger partial charge in [-0.2, -0.15) is 0 Å². The minimum absolute atomic E-state index is 0.0631. The number of carbonyl (C=O) groups is 2. The molecular weight excluding hydrogens is 322 g/mol. The van der Waals surface area contributed by atoms with E-state index in [-0.39, 0.29) is 24.4 Å². The van der Waals surface area contributed by atoms with Gasteiger partial charge in [0.2, 0.25) is 0 Å². The highest BCUT2D eigenvalue weighted by Crippen LogP contribution is 2.17. The lowest BCUT2D eigenvalue weighted by Crippen LogP contribution is -2.46. The highest BCUT2D eigenvalue weighted by Gasteiger charge is 2.26. The summed E-state index contributed by atoms with van der Waals surface area (Å²) < 4.78 is 15.9. The van der Waals surface area contributed by atoms with Crippen LogP contribution < -0.4 is 4.74 Å². The Kier molecular flexibility index (Phi) is 7.25. The van der Waals surface area contributed by atoms with E-state index in [4.69, 9.17) is 9.47 Å². The highest BCUT2D eigenvalue weighted by molar-refractivity contribution is 5.94. The molecule has 0 aliphatic carbocycles. The maximum absolute atomic E-state index is 12.6. The van der Waals surface area contributed by atoms with Crippen LogP contribution in [0.15, 0.2) is 24.3 Å². The summed E-state index contributed by atoms with van der Waals surface area (Å²) in [5.74, 6) is 0.969. The zero-order chi connectivity index (χ0) is 18.2. The number of ether oxygens (including phenoxy) is 3. The van der Waals surface area contributed by atoms with E-state index in [0.29, 0.717) is 37.8 Å². The van der Waals surface area contributed by atoms with Gasteiger partial charge in [-0.25, -0.2) is 0 Å². The standard InChI is InChI=1S/C19H27NO5/c1-14(2)8-10-24-16-6-4-15(5-7-16)19(22)20-9-11-25-17(13-20)12-18(21)23-3/h4-7,14,17H,8-13H2,1-3H3/t17-/m0/s1. The van der Waals surface area contributed by atoms with Gasteiger partial charge in [0.25, 0.3) is 5.91 Å². The minimum Gasteiger partial charge on any atom is -0.494 e. The molecule has 0 spiro atoms. The molecule has 1 aliphatic rings. The Balaban J connectivity index is 1.89. The topological polar surface area (TPSA) is 65.1 Å². The first kappa shape index (κ1) is 19.2. The molecule has 0 radical (unpaired) electrons. The molecule has 1 aliphatic heterocycles. The number of hydrogen-bond acceptors (Lipinski definition) is 5. The summed E-state index contributed by atoms with van der Waals surface area (Å²) in [6, 6.07) is 7.19. The van der Waals surface area contributed by atoms with Crippen molar-refractivity contribution < 1.29 is 23.8 Å². The lowest BCUT2D eigenvalue weighted by atomic mass is 10.1. The van der Waals surface area contributed by atoms with Crippen LogP contribution in [-0.2, 0) is 14.3 Å². The van der Waals surface area contributed by atoms with Crippen LogP contribution in [0, 0.1) is 5.92 Å².